The van der Waals surface area contributed by atoms with E-state index in [-0.39, 0.29) is 0 Å². The molecule has 0 unspecified atom stereocenters. The number of aliphatic carboxylic acids is 1. The van der Waals surface area contributed by atoms with E-state index in [4.69, 9.17) is 4.74 Å². The number of aromatic nitrogens is 1. The number of carboxylic acid groups (broad SMARTS) is 1. The van der Waals surface area contributed by atoms with Crippen LogP contribution in [0.4, 0.5) is 0 Å². The first kappa shape index (κ1) is 29.2. The molecule has 0 saturated heterocycles. The summed E-state index contributed by atoms with van der Waals surface area (Å²) < 4.78 is 8.14. The second-order valence-electron chi connectivity index (χ2n) is 10.7. The van der Waals surface area contributed by atoms with Gasteiger partial charge in [-0.3, -0.25) is 0 Å². The fourth-order valence-corrected chi connectivity index (χ4v) is 5.26. The molecule has 4 aromatic rings. The van der Waals surface area contributed by atoms with Gasteiger partial charge in [0.05, 0.1) is 5.69 Å². The Labute approximate surface area is 239 Å². The van der Waals surface area contributed by atoms with Crippen LogP contribution in [0.25, 0.3) is 16.9 Å². The molecule has 0 aliphatic heterocycles. The van der Waals surface area contributed by atoms with Crippen LogP contribution in [-0.4, -0.2) is 21.7 Å². The number of carbonyl (C=O) groups is 1. The number of nitrogens with zero attached hydrogens (tertiary/aromatic N) is 1. The molecule has 4 nitrogen and oxygen atoms in total. The van der Waals surface area contributed by atoms with Crippen molar-refractivity contribution in [3.8, 4) is 22.7 Å². The van der Waals surface area contributed by atoms with Gasteiger partial charge < -0.3 is 14.4 Å². The highest BCUT2D eigenvalue weighted by Gasteiger charge is 2.20. The number of benzene rings is 3. The van der Waals surface area contributed by atoms with E-state index >= 15 is 0 Å². The molecular formula is C36H43NO3. The summed E-state index contributed by atoms with van der Waals surface area (Å²) in [6.07, 6.45) is 11.2. The lowest BCUT2D eigenvalue weighted by molar-refractivity contribution is -0.145. The Balaban J connectivity index is 1.36. The van der Waals surface area contributed by atoms with Crippen LogP contribution in [0.15, 0.2) is 91.0 Å². The molecule has 4 heteroatoms. The van der Waals surface area contributed by atoms with Crippen LogP contribution >= 0.6 is 0 Å². The predicted molar refractivity (Wildman–Crippen MR) is 164 cm³/mol. The standard InChI is InChI=1S/C36H43NO3/c1-3-4-5-6-7-8-9-11-14-29-18-22-32(23-19-29)37-28(2)17-26-34(37)31-20-24-33(25-21-31)40-35(36(38)39)27-30-15-12-10-13-16-30/h10,12-13,15-26,35H,3-9,11,14,27H2,1-2H3,(H,38,39)/t35-/m1/s1. The van der Waals surface area contributed by atoms with Crippen LogP contribution in [0, 0.1) is 6.92 Å². The molecule has 1 atom stereocenters. The highest BCUT2D eigenvalue weighted by atomic mass is 16.5. The Kier molecular flexibility index (Phi) is 11.0. The third kappa shape index (κ3) is 8.35. The van der Waals surface area contributed by atoms with Gasteiger partial charge in [0.25, 0.3) is 0 Å². The van der Waals surface area contributed by atoms with E-state index in [9.17, 15) is 9.90 Å². The Hall–Kier alpha value is -3.79. The summed E-state index contributed by atoms with van der Waals surface area (Å²) in [6, 6.07) is 30.5. The van der Waals surface area contributed by atoms with Crippen molar-refractivity contribution in [3.63, 3.8) is 0 Å². The maximum atomic E-state index is 11.8. The Bertz CT molecular complexity index is 1310. The zero-order chi connectivity index (χ0) is 28.2. The summed E-state index contributed by atoms with van der Waals surface area (Å²) in [7, 11) is 0. The number of rotatable bonds is 16. The molecule has 0 amide bonds. The molecule has 0 spiro atoms. The van der Waals surface area contributed by atoms with Crippen LogP contribution < -0.4 is 4.74 Å². The van der Waals surface area contributed by atoms with Crippen LogP contribution in [0.2, 0.25) is 0 Å². The van der Waals surface area contributed by atoms with Gasteiger partial charge in [-0.15, -0.1) is 0 Å². The minimum absolute atomic E-state index is 0.314. The van der Waals surface area contributed by atoms with Gasteiger partial charge in [0.1, 0.15) is 5.75 Å². The average Bonchev–Trinajstić information content (AvgIpc) is 3.36. The minimum Gasteiger partial charge on any atom is -0.478 e. The molecule has 0 fully saturated rings. The molecule has 210 valence electrons. The van der Waals surface area contributed by atoms with E-state index in [1.54, 1.807) is 0 Å². The first-order chi connectivity index (χ1) is 19.5. The SMILES string of the molecule is CCCCCCCCCCc1ccc(-n2c(C)ccc2-c2ccc(O[C@H](Cc3ccccc3)C(=O)O)cc2)cc1. The molecule has 1 N–H and O–H groups in total. The highest BCUT2D eigenvalue weighted by molar-refractivity contribution is 5.73. The lowest BCUT2D eigenvalue weighted by Gasteiger charge is -2.16. The van der Waals surface area contributed by atoms with E-state index in [1.165, 1.54) is 62.6 Å². The van der Waals surface area contributed by atoms with Crippen molar-refractivity contribution in [2.45, 2.75) is 84.2 Å². The molecule has 0 saturated carbocycles. The summed E-state index contributed by atoms with van der Waals surface area (Å²) in [5, 5.41) is 9.69. The van der Waals surface area contributed by atoms with Gasteiger partial charge in [-0.25, -0.2) is 4.79 Å². The van der Waals surface area contributed by atoms with Gasteiger partial charge >= 0.3 is 5.97 Å². The van der Waals surface area contributed by atoms with Crippen molar-refractivity contribution >= 4 is 5.97 Å². The van der Waals surface area contributed by atoms with Crippen molar-refractivity contribution < 1.29 is 14.6 Å². The number of carboxylic acids is 1. The lowest BCUT2D eigenvalue weighted by Crippen LogP contribution is -2.29. The summed E-state index contributed by atoms with van der Waals surface area (Å²) in [5.41, 5.74) is 6.79. The largest absolute Gasteiger partial charge is 0.478 e. The van der Waals surface area contributed by atoms with Gasteiger partial charge in [0.15, 0.2) is 6.10 Å². The molecule has 1 heterocycles. The maximum absolute atomic E-state index is 11.8. The van der Waals surface area contributed by atoms with E-state index < -0.39 is 12.1 Å². The third-order valence-electron chi connectivity index (χ3n) is 7.56. The van der Waals surface area contributed by atoms with Crippen LogP contribution in [0.1, 0.15) is 75.1 Å². The van der Waals surface area contributed by atoms with E-state index in [0.29, 0.717) is 12.2 Å². The molecule has 0 aliphatic carbocycles. The number of hydrogen-bond donors (Lipinski definition) is 1. The van der Waals surface area contributed by atoms with Crippen LogP contribution in [0.3, 0.4) is 0 Å². The van der Waals surface area contributed by atoms with Gasteiger partial charge in [0.2, 0.25) is 0 Å². The minimum atomic E-state index is -0.969. The Morgan fingerprint density at radius 3 is 2.05 bits per heavy atom. The first-order valence-electron chi connectivity index (χ1n) is 14.9. The van der Waals surface area contributed by atoms with Crippen molar-refractivity contribution in [2.24, 2.45) is 0 Å². The first-order valence-corrected chi connectivity index (χ1v) is 14.9. The second-order valence-corrected chi connectivity index (χ2v) is 10.7. The topological polar surface area (TPSA) is 51.5 Å². The van der Waals surface area contributed by atoms with Crippen molar-refractivity contribution in [3.05, 3.63) is 108 Å². The Morgan fingerprint density at radius 1 is 0.750 bits per heavy atom. The van der Waals surface area contributed by atoms with Crippen molar-refractivity contribution in [1.29, 1.82) is 0 Å². The molecule has 4 rings (SSSR count). The van der Waals surface area contributed by atoms with Gasteiger partial charge in [-0.1, -0.05) is 94.3 Å². The smallest absolute Gasteiger partial charge is 0.345 e. The zero-order valence-electron chi connectivity index (χ0n) is 24.0. The van der Waals surface area contributed by atoms with Crippen molar-refractivity contribution in [1.82, 2.24) is 4.57 Å². The highest BCUT2D eigenvalue weighted by Crippen LogP contribution is 2.29. The maximum Gasteiger partial charge on any atom is 0.345 e. The van der Waals surface area contributed by atoms with Crippen LogP contribution in [0.5, 0.6) is 5.75 Å². The molecule has 0 radical (unpaired) electrons. The zero-order valence-corrected chi connectivity index (χ0v) is 24.0. The van der Waals surface area contributed by atoms with Gasteiger partial charge in [-0.2, -0.15) is 0 Å². The monoisotopic (exact) mass is 537 g/mol. The predicted octanol–water partition coefficient (Wildman–Crippen LogP) is 9.21. The van der Waals surface area contributed by atoms with Crippen molar-refractivity contribution in [2.75, 3.05) is 0 Å². The summed E-state index contributed by atoms with van der Waals surface area (Å²) in [4.78, 5) is 11.8. The summed E-state index contributed by atoms with van der Waals surface area (Å²) >= 11 is 0. The quantitative estimate of drug-likeness (QED) is 0.145. The number of hydrogen-bond acceptors (Lipinski definition) is 2. The fourth-order valence-electron chi connectivity index (χ4n) is 5.26. The number of aryl methyl sites for hydroxylation is 2. The molecule has 3 aromatic carbocycles. The lowest BCUT2D eigenvalue weighted by atomic mass is 10.0. The number of ether oxygens (including phenoxy) is 1. The van der Waals surface area contributed by atoms with E-state index in [1.807, 2.05) is 54.6 Å². The van der Waals surface area contributed by atoms with Gasteiger partial charge in [0, 0.05) is 17.8 Å². The molecular weight excluding hydrogens is 494 g/mol. The number of unbranched alkanes of at least 4 members (excludes halogenated alkanes) is 7. The molecule has 0 aliphatic rings. The Morgan fingerprint density at radius 2 is 1.40 bits per heavy atom. The van der Waals surface area contributed by atoms with Gasteiger partial charge in [-0.05, 0) is 85.0 Å². The van der Waals surface area contributed by atoms with E-state index in [0.717, 1.165) is 28.9 Å². The molecule has 40 heavy (non-hydrogen) atoms. The second kappa shape index (κ2) is 15.1. The normalized spacial score (nSPS) is 11.8. The molecule has 0 bridgehead atoms. The summed E-state index contributed by atoms with van der Waals surface area (Å²) in [6.45, 7) is 4.39. The summed E-state index contributed by atoms with van der Waals surface area (Å²) in [5.74, 6) is -0.421. The average molecular weight is 538 g/mol. The van der Waals surface area contributed by atoms with Crippen LogP contribution in [-0.2, 0) is 17.6 Å². The molecule has 1 aromatic heterocycles. The third-order valence-corrected chi connectivity index (χ3v) is 7.56. The fraction of sp³-hybridized carbons (Fsp3) is 0.361. The van der Waals surface area contributed by atoms with E-state index in [2.05, 4.69) is 54.8 Å².